The summed E-state index contributed by atoms with van der Waals surface area (Å²) in [4.78, 5) is 12.9. The summed E-state index contributed by atoms with van der Waals surface area (Å²) in [6.45, 7) is 3.57. The molecule has 0 amide bonds. The van der Waals surface area contributed by atoms with Crippen LogP contribution < -0.4 is 5.48 Å². The zero-order chi connectivity index (χ0) is 16.4. The van der Waals surface area contributed by atoms with E-state index < -0.39 is 0 Å². The number of hydrogen-bond donors (Lipinski definition) is 1. The van der Waals surface area contributed by atoms with Gasteiger partial charge in [-0.3, -0.25) is 14.7 Å². The van der Waals surface area contributed by atoms with E-state index in [1.165, 1.54) is 11.1 Å². The molecule has 0 aliphatic carbocycles. The van der Waals surface area contributed by atoms with Gasteiger partial charge in [0.1, 0.15) is 6.10 Å². The summed E-state index contributed by atoms with van der Waals surface area (Å²) in [6, 6.07) is 16.3. The lowest BCUT2D eigenvalue weighted by Crippen LogP contribution is -2.45. The maximum absolute atomic E-state index is 6.21. The van der Waals surface area contributed by atoms with Crippen molar-refractivity contribution in [2.45, 2.75) is 19.1 Å². The molecule has 0 bridgehead atoms. The standard InChI is InChI=1S/C19H20ClN3O/c20-18-8-4-3-7-17(18)19-21-11-16(24-22-19)13-23-10-9-14-5-1-2-6-15(14)12-23/h1-8,16H,9-13H2,(H,21,22). The van der Waals surface area contributed by atoms with Crippen LogP contribution in [0.25, 0.3) is 0 Å². The molecule has 2 aromatic rings. The van der Waals surface area contributed by atoms with E-state index in [1.807, 2.05) is 24.3 Å². The largest absolute Gasteiger partial charge is 0.296 e. The SMILES string of the molecule is Clc1ccccc1C1=NCC(CN2CCc3ccccc3C2)ON1. The van der Waals surface area contributed by atoms with Gasteiger partial charge in [0.2, 0.25) is 0 Å². The monoisotopic (exact) mass is 341 g/mol. The van der Waals surface area contributed by atoms with Gasteiger partial charge in [0.05, 0.1) is 11.6 Å². The summed E-state index contributed by atoms with van der Waals surface area (Å²) in [7, 11) is 0. The lowest BCUT2D eigenvalue weighted by molar-refractivity contribution is -0.0152. The number of hydrogen-bond acceptors (Lipinski definition) is 4. The summed E-state index contributed by atoms with van der Waals surface area (Å²) in [5.41, 5.74) is 6.74. The number of rotatable bonds is 3. The van der Waals surface area contributed by atoms with Crippen LogP contribution >= 0.6 is 11.6 Å². The third-order valence-electron chi connectivity index (χ3n) is 4.58. The van der Waals surface area contributed by atoms with Crippen molar-refractivity contribution < 1.29 is 4.84 Å². The van der Waals surface area contributed by atoms with Crippen LogP contribution in [0.4, 0.5) is 0 Å². The highest BCUT2D eigenvalue weighted by Gasteiger charge is 2.23. The number of nitrogens with zero attached hydrogens (tertiary/aromatic N) is 2. The first-order valence-electron chi connectivity index (χ1n) is 8.30. The van der Waals surface area contributed by atoms with Crippen LogP contribution in [-0.2, 0) is 17.8 Å². The fraction of sp³-hybridized carbons (Fsp3) is 0.316. The van der Waals surface area contributed by atoms with Crippen LogP contribution in [0, 0.1) is 0 Å². The maximum atomic E-state index is 6.21. The van der Waals surface area contributed by atoms with Crippen LogP contribution in [0.5, 0.6) is 0 Å². The highest BCUT2D eigenvalue weighted by atomic mass is 35.5. The van der Waals surface area contributed by atoms with Crippen LogP contribution in [0.2, 0.25) is 5.02 Å². The maximum Gasteiger partial charge on any atom is 0.154 e. The average Bonchev–Trinajstić information content (AvgIpc) is 2.63. The van der Waals surface area contributed by atoms with Crippen LogP contribution in [0.3, 0.4) is 0 Å². The molecule has 2 aliphatic rings. The fourth-order valence-electron chi connectivity index (χ4n) is 3.29. The molecule has 4 rings (SSSR count). The first kappa shape index (κ1) is 15.6. The number of amidine groups is 1. The molecule has 124 valence electrons. The van der Waals surface area contributed by atoms with Gasteiger partial charge in [-0.15, -0.1) is 0 Å². The molecule has 0 saturated heterocycles. The molecule has 2 aliphatic heterocycles. The molecule has 5 heteroatoms. The van der Waals surface area contributed by atoms with Crippen molar-refractivity contribution in [3.8, 4) is 0 Å². The Morgan fingerprint density at radius 1 is 1.12 bits per heavy atom. The fourth-order valence-corrected chi connectivity index (χ4v) is 3.51. The van der Waals surface area contributed by atoms with Gasteiger partial charge in [-0.25, -0.2) is 5.48 Å². The Kier molecular flexibility index (Phi) is 4.52. The Morgan fingerprint density at radius 3 is 2.71 bits per heavy atom. The number of aliphatic imine (C=N–C) groups is 1. The molecule has 1 N–H and O–H groups in total. The van der Waals surface area contributed by atoms with Crippen LogP contribution in [-0.4, -0.2) is 36.5 Å². The van der Waals surface area contributed by atoms with Gasteiger partial charge in [-0.05, 0) is 29.7 Å². The summed E-state index contributed by atoms with van der Waals surface area (Å²) in [5, 5.41) is 0.679. The number of fused-ring (bicyclic) bond motifs is 1. The minimum Gasteiger partial charge on any atom is -0.296 e. The van der Waals surface area contributed by atoms with Gasteiger partial charge in [0.15, 0.2) is 5.84 Å². The summed E-state index contributed by atoms with van der Waals surface area (Å²) in [6.07, 6.45) is 1.16. The second-order valence-electron chi connectivity index (χ2n) is 6.26. The third-order valence-corrected chi connectivity index (χ3v) is 4.91. The van der Waals surface area contributed by atoms with E-state index in [1.54, 1.807) is 0 Å². The third kappa shape index (κ3) is 3.31. The van der Waals surface area contributed by atoms with Gasteiger partial charge < -0.3 is 0 Å². The van der Waals surface area contributed by atoms with Crippen molar-refractivity contribution in [3.63, 3.8) is 0 Å². The molecule has 2 heterocycles. The van der Waals surface area contributed by atoms with Gasteiger partial charge >= 0.3 is 0 Å². The normalized spacial score (nSPS) is 20.9. The quantitative estimate of drug-likeness (QED) is 0.932. The molecule has 1 unspecified atom stereocenters. The van der Waals surface area contributed by atoms with E-state index in [9.17, 15) is 0 Å². The predicted octanol–water partition coefficient (Wildman–Crippen LogP) is 3.05. The Bertz CT molecular complexity index is 762. The first-order valence-corrected chi connectivity index (χ1v) is 8.67. The number of nitrogens with one attached hydrogen (secondary N) is 1. The summed E-state index contributed by atoms with van der Waals surface area (Å²) < 4.78 is 0. The zero-order valence-corrected chi connectivity index (χ0v) is 14.2. The second-order valence-corrected chi connectivity index (χ2v) is 6.67. The van der Waals surface area contributed by atoms with E-state index >= 15 is 0 Å². The molecular formula is C19H20ClN3O. The van der Waals surface area contributed by atoms with Gasteiger partial charge in [-0.1, -0.05) is 48.0 Å². The summed E-state index contributed by atoms with van der Waals surface area (Å²) >= 11 is 6.21. The minimum absolute atomic E-state index is 0.0569. The highest BCUT2D eigenvalue weighted by molar-refractivity contribution is 6.34. The Labute approximate surface area is 147 Å². The van der Waals surface area contributed by atoms with Gasteiger partial charge in [0, 0.05) is 25.2 Å². The number of hydroxylamine groups is 1. The van der Waals surface area contributed by atoms with E-state index in [-0.39, 0.29) is 6.10 Å². The molecule has 0 radical (unpaired) electrons. The number of halogens is 1. The number of benzene rings is 2. The Balaban J connectivity index is 1.38. The molecule has 4 nitrogen and oxygen atoms in total. The smallest absolute Gasteiger partial charge is 0.154 e. The van der Waals surface area contributed by atoms with E-state index in [2.05, 4.69) is 39.6 Å². The Morgan fingerprint density at radius 2 is 1.92 bits per heavy atom. The zero-order valence-electron chi connectivity index (χ0n) is 13.4. The molecule has 2 aromatic carbocycles. The lowest BCUT2D eigenvalue weighted by atomic mass is 10.00. The lowest BCUT2D eigenvalue weighted by Gasteiger charge is -2.32. The first-order chi connectivity index (χ1) is 11.8. The molecule has 1 atom stereocenters. The van der Waals surface area contributed by atoms with Crippen molar-refractivity contribution in [3.05, 3.63) is 70.2 Å². The predicted molar refractivity (Wildman–Crippen MR) is 96.3 cm³/mol. The van der Waals surface area contributed by atoms with E-state index in [4.69, 9.17) is 16.4 Å². The van der Waals surface area contributed by atoms with Crippen molar-refractivity contribution in [1.82, 2.24) is 10.4 Å². The molecule has 0 saturated carbocycles. The highest BCUT2D eigenvalue weighted by Crippen LogP contribution is 2.20. The van der Waals surface area contributed by atoms with Crippen molar-refractivity contribution >= 4 is 17.4 Å². The molecule has 24 heavy (non-hydrogen) atoms. The van der Waals surface area contributed by atoms with Crippen molar-refractivity contribution in [2.24, 2.45) is 4.99 Å². The summed E-state index contributed by atoms with van der Waals surface area (Å²) in [5.74, 6) is 0.709. The molecule has 0 spiro atoms. The molecular weight excluding hydrogens is 322 g/mol. The minimum atomic E-state index is 0.0569. The van der Waals surface area contributed by atoms with Crippen molar-refractivity contribution in [1.29, 1.82) is 0 Å². The molecule has 0 aromatic heterocycles. The van der Waals surface area contributed by atoms with Crippen molar-refractivity contribution in [2.75, 3.05) is 19.6 Å². The average molecular weight is 342 g/mol. The van der Waals surface area contributed by atoms with Gasteiger partial charge in [-0.2, -0.15) is 0 Å². The Hall–Kier alpha value is -1.88. The second kappa shape index (κ2) is 6.93. The van der Waals surface area contributed by atoms with E-state index in [0.29, 0.717) is 17.4 Å². The van der Waals surface area contributed by atoms with Crippen LogP contribution in [0.15, 0.2) is 53.5 Å². The van der Waals surface area contributed by atoms with Crippen LogP contribution in [0.1, 0.15) is 16.7 Å². The topological polar surface area (TPSA) is 36.9 Å². The van der Waals surface area contributed by atoms with Gasteiger partial charge in [0.25, 0.3) is 0 Å². The molecule has 0 fully saturated rings. The van der Waals surface area contributed by atoms with E-state index in [0.717, 1.165) is 31.6 Å².